The quantitative estimate of drug-likeness (QED) is 0.639. The number of amides is 1. The van der Waals surface area contributed by atoms with Crippen molar-refractivity contribution in [2.75, 3.05) is 0 Å². The first-order valence-electron chi connectivity index (χ1n) is 7.07. The summed E-state index contributed by atoms with van der Waals surface area (Å²) < 4.78 is 0. The van der Waals surface area contributed by atoms with Gasteiger partial charge in [-0.1, -0.05) is 38.1 Å². The summed E-state index contributed by atoms with van der Waals surface area (Å²) in [7, 11) is 0. The monoisotopic (exact) mass is 277 g/mol. The zero-order chi connectivity index (χ0) is 14.5. The number of aliphatic hydroxyl groups is 1. The molecule has 5 nitrogen and oxygen atoms in total. The van der Waals surface area contributed by atoms with Crippen molar-refractivity contribution in [3.8, 4) is 0 Å². The summed E-state index contributed by atoms with van der Waals surface area (Å²) in [6, 6.07) is 7.75. The van der Waals surface area contributed by atoms with Crippen LogP contribution in [0.1, 0.15) is 31.4 Å². The highest BCUT2D eigenvalue weighted by Crippen LogP contribution is 2.13. The van der Waals surface area contributed by atoms with Gasteiger partial charge in [-0.2, -0.15) is 0 Å². The Morgan fingerprint density at radius 2 is 2.15 bits per heavy atom. The summed E-state index contributed by atoms with van der Waals surface area (Å²) >= 11 is 0. The zero-order valence-corrected chi connectivity index (χ0v) is 12.0. The Morgan fingerprint density at radius 1 is 1.40 bits per heavy atom. The molecule has 0 radical (unpaired) electrons. The molecular formula is C15H23N3O2. The Labute approximate surface area is 119 Å². The highest BCUT2D eigenvalue weighted by Gasteiger charge is 2.30. The largest absolute Gasteiger partial charge is 0.392 e. The fraction of sp³-hybridized carbons (Fsp3) is 0.533. The Hall–Kier alpha value is -1.43. The summed E-state index contributed by atoms with van der Waals surface area (Å²) in [5, 5.41) is 12.0. The standard InChI is InChI=1S/C15H23N3O2/c1-10(2)13-7-14(18-17-13)15(20)16-8-11-4-3-5-12(6-11)9-19/h3-6,10,13-14,17-19H,7-9H2,1-2H3,(H,16,20). The molecule has 1 aliphatic heterocycles. The third kappa shape index (κ3) is 3.79. The number of benzene rings is 1. The SMILES string of the molecule is CC(C)C1CC(C(=O)NCc2cccc(CO)c2)NN1. The van der Waals surface area contributed by atoms with Crippen LogP contribution < -0.4 is 16.2 Å². The van der Waals surface area contributed by atoms with Gasteiger partial charge < -0.3 is 10.4 Å². The first-order valence-corrected chi connectivity index (χ1v) is 7.07. The van der Waals surface area contributed by atoms with Gasteiger partial charge in [0.15, 0.2) is 0 Å². The van der Waals surface area contributed by atoms with Gasteiger partial charge in [0.05, 0.1) is 6.61 Å². The second kappa shape index (κ2) is 6.83. The van der Waals surface area contributed by atoms with Gasteiger partial charge in [-0.25, -0.2) is 5.43 Å². The molecule has 2 unspecified atom stereocenters. The zero-order valence-electron chi connectivity index (χ0n) is 12.0. The van der Waals surface area contributed by atoms with E-state index in [1.807, 2.05) is 24.3 Å². The van der Waals surface area contributed by atoms with Crippen LogP contribution in [0.5, 0.6) is 0 Å². The molecule has 1 amide bonds. The maximum absolute atomic E-state index is 12.1. The molecule has 0 saturated carbocycles. The lowest BCUT2D eigenvalue weighted by atomic mass is 9.99. The molecule has 1 aromatic rings. The molecule has 1 aliphatic rings. The van der Waals surface area contributed by atoms with Gasteiger partial charge in [0.2, 0.25) is 5.91 Å². The van der Waals surface area contributed by atoms with Crippen molar-refractivity contribution >= 4 is 5.91 Å². The first-order chi connectivity index (χ1) is 9.60. The van der Waals surface area contributed by atoms with E-state index in [0.29, 0.717) is 18.5 Å². The van der Waals surface area contributed by atoms with Crippen LogP contribution in [0.15, 0.2) is 24.3 Å². The van der Waals surface area contributed by atoms with E-state index in [4.69, 9.17) is 5.11 Å². The summed E-state index contributed by atoms with van der Waals surface area (Å²) in [5.41, 5.74) is 8.06. The Kier molecular flexibility index (Phi) is 5.11. The van der Waals surface area contributed by atoms with Gasteiger partial charge in [-0.15, -0.1) is 0 Å². The van der Waals surface area contributed by atoms with Crippen molar-refractivity contribution in [1.29, 1.82) is 0 Å². The summed E-state index contributed by atoms with van der Waals surface area (Å²) in [5.74, 6) is 0.511. The van der Waals surface area contributed by atoms with E-state index in [-0.39, 0.29) is 18.6 Å². The van der Waals surface area contributed by atoms with Crippen molar-refractivity contribution in [1.82, 2.24) is 16.2 Å². The molecule has 1 heterocycles. The average Bonchev–Trinajstić information content (AvgIpc) is 2.95. The van der Waals surface area contributed by atoms with Crippen molar-refractivity contribution in [3.05, 3.63) is 35.4 Å². The molecule has 1 fully saturated rings. The van der Waals surface area contributed by atoms with Crippen LogP contribution in [0.2, 0.25) is 0 Å². The van der Waals surface area contributed by atoms with E-state index in [0.717, 1.165) is 17.5 Å². The Balaban J connectivity index is 1.83. The topological polar surface area (TPSA) is 73.4 Å². The second-order valence-corrected chi connectivity index (χ2v) is 5.62. The third-order valence-corrected chi connectivity index (χ3v) is 3.69. The molecule has 0 spiro atoms. The van der Waals surface area contributed by atoms with Crippen LogP contribution in [0, 0.1) is 5.92 Å². The number of carbonyl (C=O) groups is 1. The summed E-state index contributed by atoms with van der Waals surface area (Å²) in [6.45, 7) is 4.78. The first kappa shape index (κ1) is 15.0. The fourth-order valence-electron chi connectivity index (χ4n) is 2.34. The number of rotatable bonds is 5. The van der Waals surface area contributed by atoms with Crippen LogP contribution in [0.25, 0.3) is 0 Å². The molecule has 1 aromatic carbocycles. The van der Waals surface area contributed by atoms with Gasteiger partial charge in [0.25, 0.3) is 0 Å². The third-order valence-electron chi connectivity index (χ3n) is 3.69. The summed E-state index contributed by atoms with van der Waals surface area (Å²) in [6.07, 6.45) is 0.806. The van der Waals surface area contributed by atoms with Crippen LogP contribution >= 0.6 is 0 Å². The molecule has 0 aliphatic carbocycles. The van der Waals surface area contributed by atoms with Gasteiger partial charge in [-0.05, 0) is 23.5 Å². The van der Waals surface area contributed by atoms with Crippen molar-refractivity contribution in [2.24, 2.45) is 5.92 Å². The van der Waals surface area contributed by atoms with Crippen LogP contribution in [-0.2, 0) is 17.9 Å². The maximum atomic E-state index is 12.1. The molecule has 0 bridgehead atoms. The maximum Gasteiger partial charge on any atom is 0.238 e. The average molecular weight is 277 g/mol. The highest BCUT2D eigenvalue weighted by atomic mass is 16.3. The smallest absolute Gasteiger partial charge is 0.238 e. The molecular weight excluding hydrogens is 254 g/mol. The van der Waals surface area contributed by atoms with Crippen molar-refractivity contribution in [2.45, 2.75) is 45.5 Å². The number of carbonyl (C=O) groups excluding carboxylic acids is 1. The van der Waals surface area contributed by atoms with E-state index in [2.05, 4.69) is 30.0 Å². The normalized spacial score (nSPS) is 22.2. The van der Waals surface area contributed by atoms with E-state index >= 15 is 0 Å². The van der Waals surface area contributed by atoms with E-state index < -0.39 is 0 Å². The van der Waals surface area contributed by atoms with E-state index in [1.54, 1.807) is 0 Å². The number of hydrogen-bond acceptors (Lipinski definition) is 4. The Bertz CT molecular complexity index is 462. The number of hydrazine groups is 1. The minimum atomic E-state index is -0.177. The molecule has 110 valence electrons. The fourth-order valence-corrected chi connectivity index (χ4v) is 2.34. The number of aliphatic hydroxyl groups excluding tert-OH is 1. The van der Waals surface area contributed by atoms with Crippen LogP contribution in [-0.4, -0.2) is 23.1 Å². The lowest BCUT2D eigenvalue weighted by Crippen LogP contribution is -2.43. The molecule has 5 heteroatoms. The minimum absolute atomic E-state index is 0.00931. The molecule has 4 N–H and O–H groups in total. The van der Waals surface area contributed by atoms with E-state index in [9.17, 15) is 4.79 Å². The van der Waals surface area contributed by atoms with Gasteiger partial charge in [0, 0.05) is 12.6 Å². The number of nitrogens with one attached hydrogen (secondary N) is 3. The molecule has 2 rings (SSSR count). The highest BCUT2D eigenvalue weighted by molar-refractivity contribution is 5.82. The van der Waals surface area contributed by atoms with E-state index in [1.165, 1.54) is 0 Å². The number of hydrogen-bond donors (Lipinski definition) is 4. The molecule has 2 atom stereocenters. The minimum Gasteiger partial charge on any atom is -0.392 e. The molecule has 1 saturated heterocycles. The lowest BCUT2D eigenvalue weighted by Gasteiger charge is -2.13. The predicted molar refractivity (Wildman–Crippen MR) is 77.5 cm³/mol. The van der Waals surface area contributed by atoms with Gasteiger partial charge in [-0.3, -0.25) is 10.2 Å². The lowest BCUT2D eigenvalue weighted by molar-refractivity contribution is -0.123. The predicted octanol–water partition coefficient (Wildman–Crippen LogP) is 0.686. The van der Waals surface area contributed by atoms with Crippen molar-refractivity contribution in [3.63, 3.8) is 0 Å². The van der Waals surface area contributed by atoms with Gasteiger partial charge in [0.1, 0.15) is 6.04 Å². The molecule has 20 heavy (non-hydrogen) atoms. The summed E-state index contributed by atoms with van der Waals surface area (Å²) in [4.78, 5) is 12.1. The van der Waals surface area contributed by atoms with Crippen LogP contribution in [0.4, 0.5) is 0 Å². The van der Waals surface area contributed by atoms with Crippen LogP contribution in [0.3, 0.4) is 0 Å². The van der Waals surface area contributed by atoms with Crippen molar-refractivity contribution < 1.29 is 9.90 Å². The second-order valence-electron chi connectivity index (χ2n) is 5.62. The van der Waals surface area contributed by atoms with Gasteiger partial charge >= 0.3 is 0 Å². The molecule has 0 aromatic heterocycles. The Morgan fingerprint density at radius 3 is 2.80 bits per heavy atom.